The highest BCUT2D eigenvalue weighted by Gasteiger charge is 2.37. The summed E-state index contributed by atoms with van der Waals surface area (Å²) in [5.74, 6) is -0.756. The number of ether oxygens (including phenoxy) is 2. The molecular formula is C27H25N3O6. The lowest BCUT2D eigenvalue weighted by molar-refractivity contribution is 0.0925. The Bertz CT molecular complexity index is 1320. The maximum Gasteiger partial charge on any atom is 0.413 e. The molecule has 1 N–H and O–H groups in total. The smallest absolute Gasteiger partial charge is 0.413 e. The van der Waals surface area contributed by atoms with Crippen LogP contribution in [0.4, 0.5) is 21.9 Å². The fraction of sp³-hybridized carbons (Fsp3) is 0.185. The standard InChI is InChI=1S/C27H25N3O6/c1-4-35-21-13-11-20(12-14-21)30-25(32)22-15-6-17(16-23(22)26(30)33)24(31)28-18-7-9-19(10-8-18)29(3)27(34)36-5-2/h6-16H,4-5H2,1-3H3,(H,28,31). The van der Waals surface area contributed by atoms with Gasteiger partial charge in [-0.1, -0.05) is 0 Å². The number of amides is 4. The molecular weight excluding hydrogens is 462 g/mol. The number of anilines is 3. The fourth-order valence-corrected chi connectivity index (χ4v) is 3.77. The van der Waals surface area contributed by atoms with Crippen LogP contribution in [-0.4, -0.2) is 44.1 Å². The molecule has 1 heterocycles. The van der Waals surface area contributed by atoms with Crippen LogP contribution in [0.25, 0.3) is 0 Å². The summed E-state index contributed by atoms with van der Waals surface area (Å²) in [7, 11) is 1.59. The largest absolute Gasteiger partial charge is 0.494 e. The number of benzene rings is 3. The average molecular weight is 488 g/mol. The first-order chi connectivity index (χ1) is 17.3. The number of nitrogens with zero attached hydrogens (tertiary/aromatic N) is 2. The van der Waals surface area contributed by atoms with Gasteiger partial charge in [-0.2, -0.15) is 0 Å². The Morgan fingerprint density at radius 2 is 1.53 bits per heavy atom. The molecule has 1 aliphatic heterocycles. The molecule has 0 bridgehead atoms. The van der Waals surface area contributed by atoms with E-state index >= 15 is 0 Å². The van der Waals surface area contributed by atoms with Gasteiger partial charge < -0.3 is 14.8 Å². The lowest BCUT2D eigenvalue weighted by atomic mass is 10.1. The maximum atomic E-state index is 13.1. The van der Waals surface area contributed by atoms with Gasteiger partial charge in [-0.05, 0) is 80.6 Å². The van der Waals surface area contributed by atoms with Crippen molar-refractivity contribution in [3.63, 3.8) is 0 Å². The van der Waals surface area contributed by atoms with Crippen LogP contribution in [0.1, 0.15) is 44.9 Å². The summed E-state index contributed by atoms with van der Waals surface area (Å²) in [5.41, 5.74) is 2.15. The summed E-state index contributed by atoms with van der Waals surface area (Å²) in [6, 6.07) is 17.7. The molecule has 1 aliphatic rings. The molecule has 9 heteroatoms. The van der Waals surface area contributed by atoms with E-state index < -0.39 is 23.8 Å². The molecule has 36 heavy (non-hydrogen) atoms. The van der Waals surface area contributed by atoms with Crippen LogP contribution >= 0.6 is 0 Å². The van der Waals surface area contributed by atoms with Gasteiger partial charge in [-0.15, -0.1) is 0 Å². The summed E-state index contributed by atoms with van der Waals surface area (Å²) in [6.07, 6.45) is -0.481. The Labute approximate surface area is 208 Å². The van der Waals surface area contributed by atoms with Gasteiger partial charge in [0.1, 0.15) is 5.75 Å². The highest BCUT2D eigenvalue weighted by molar-refractivity contribution is 6.34. The minimum Gasteiger partial charge on any atom is -0.494 e. The minimum atomic E-state index is -0.500. The molecule has 0 atom stereocenters. The molecule has 3 aromatic rings. The van der Waals surface area contributed by atoms with Crippen molar-refractivity contribution in [3.8, 4) is 5.75 Å². The molecule has 4 amide bonds. The third kappa shape index (κ3) is 4.76. The predicted molar refractivity (Wildman–Crippen MR) is 135 cm³/mol. The molecule has 0 spiro atoms. The highest BCUT2D eigenvalue weighted by atomic mass is 16.6. The summed E-state index contributed by atoms with van der Waals surface area (Å²) < 4.78 is 10.4. The number of imide groups is 1. The molecule has 184 valence electrons. The Balaban J connectivity index is 1.49. The van der Waals surface area contributed by atoms with E-state index in [9.17, 15) is 19.2 Å². The molecule has 3 aromatic carbocycles. The highest BCUT2D eigenvalue weighted by Crippen LogP contribution is 2.30. The quantitative estimate of drug-likeness (QED) is 0.483. The van der Waals surface area contributed by atoms with Gasteiger partial charge in [0.15, 0.2) is 0 Å². The van der Waals surface area contributed by atoms with E-state index in [1.54, 1.807) is 62.5 Å². The van der Waals surface area contributed by atoms with Crippen molar-refractivity contribution in [3.05, 3.63) is 83.4 Å². The van der Waals surface area contributed by atoms with Gasteiger partial charge in [0.25, 0.3) is 17.7 Å². The first-order valence-electron chi connectivity index (χ1n) is 11.4. The molecule has 0 fully saturated rings. The molecule has 4 rings (SSSR count). The van der Waals surface area contributed by atoms with Crippen LogP contribution in [0.3, 0.4) is 0 Å². The summed E-state index contributed by atoms with van der Waals surface area (Å²) in [4.78, 5) is 53.1. The van der Waals surface area contributed by atoms with Crippen LogP contribution in [-0.2, 0) is 4.74 Å². The summed E-state index contributed by atoms with van der Waals surface area (Å²) in [6.45, 7) is 4.37. The third-order valence-electron chi connectivity index (χ3n) is 5.61. The van der Waals surface area contributed by atoms with Crippen molar-refractivity contribution in [2.75, 3.05) is 35.4 Å². The van der Waals surface area contributed by atoms with Crippen LogP contribution in [0.15, 0.2) is 66.7 Å². The SMILES string of the molecule is CCOC(=O)N(C)c1ccc(NC(=O)c2ccc3c(c2)C(=O)N(c2ccc(OCC)cc2)C3=O)cc1. The zero-order valence-corrected chi connectivity index (χ0v) is 20.1. The Morgan fingerprint density at radius 1 is 0.861 bits per heavy atom. The number of carbonyl (C=O) groups excluding carboxylic acids is 4. The molecule has 0 aromatic heterocycles. The van der Waals surface area contributed by atoms with Crippen LogP contribution in [0.2, 0.25) is 0 Å². The number of rotatable bonds is 7. The van der Waals surface area contributed by atoms with Crippen LogP contribution in [0, 0.1) is 0 Å². The van der Waals surface area contributed by atoms with Gasteiger partial charge in [-0.25, -0.2) is 9.69 Å². The molecule has 9 nitrogen and oxygen atoms in total. The van der Waals surface area contributed by atoms with E-state index in [4.69, 9.17) is 9.47 Å². The third-order valence-corrected chi connectivity index (χ3v) is 5.61. The lowest BCUT2D eigenvalue weighted by Crippen LogP contribution is -2.29. The van der Waals surface area contributed by atoms with Gasteiger partial charge in [-0.3, -0.25) is 19.3 Å². The summed E-state index contributed by atoms with van der Waals surface area (Å²) >= 11 is 0. The van der Waals surface area contributed by atoms with E-state index in [2.05, 4.69) is 5.32 Å². The van der Waals surface area contributed by atoms with Crippen molar-refractivity contribution < 1.29 is 28.7 Å². The second-order valence-corrected chi connectivity index (χ2v) is 7.89. The number of fused-ring (bicyclic) bond motifs is 1. The van der Waals surface area contributed by atoms with Crippen molar-refractivity contribution in [1.29, 1.82) is 0 Å². The van der Waals surface area contributed by atoms with E-state index in [-0.39, 0.29) is 23.3 Å². The van der Waals surface area contributed by atoms with E-state index in [0.717, 1.165) is 4.90 Å². The maximum absolute atomic E-state index is 13.1. The second kappa shape index (κ2) is 10.3. The van der Waals surface area contributed by atoms with Gasteiger partial charge in [0.2, 0.25) is 0 Å². The first-order valence-corrected chi connectivity index (χ1v) is 11.4. The normalized spacial score (nSPS) is 12.2. The number of hydrogen-bond acceptors (Lipinski definition) is 6. The molecule has 0 saturated heterocycles. The molecule has 0 unspecified atom stereocenters. The van der Waals surface area contributed by atoms with Crippen molar-refractivity contribution in [1.82, 2.24) is 0 Å². The second-order valence-electron chi connectivity index (χ2n) is 7.89. The monoisotopic (exact) mass is 487 g/mol. The number of carbonyl (C=O) groups is 4. The van der Waals surface area contributed by atoms with Crippen molar-refractivity contribution in [2.45, 2.75) is 13.8 Å². The molecule has 0 aliphatic carbocycles. The van der Waals surface area contributed by atoms with Crippen molar-refractivity contribution in [2.24, 2.45) is 0 Å². The van der Waals surface area contributed by atoms with E-state index in [1.807, 2.05) is 6.92 Å². The Kier molecular flexibility index (Phi) is 7.00. The van der Waals surface area contributed by atoms with E-state index in [1.165, 1.54) is 23.1 Å². The van der Waals surface area contributed by atoms with Gasteiger partial charge in [0.05, 0.1) is 30.0 Å². The molecule has 0 radical (unpaired) electrons. The minimum absolute atomic E-state index is 0.160. The lowest BCUT2D eigenvalue weighted by Gasteiger charge is -2.17. The van der Waals surface area contributed by atoms with Crippen LogP contribution in [0.5, 0.6) is 5.75 Å². The summed E-state index contributed by atoms with van der Waals surface area (Å²) in [5, 5.41) is 2.76. The van der Waals surface area contributed by atoms with Crippen LogP contribution < -0.4 is 19.9 Å². The average Bonchev–Trinajstić information content (AvgIpc) is 3.14. The number of nitrogens with one attached hydrogen (secondary N) is 1. The number of hydrogen-bond donors (Lipinski definition) is 1. The zero-order valence-electron chi connectivity index (χ0n) is 20.1. The van der Waals surface area contributed by atoms with Gasteiger partial charge >= 0.3 is 6.09 Å². The zero-order chi connectivity index (χ0) is 25.8. The predicted octanol–water partition coefficient (Wildman–Crippen LogP) is 4.73. The fourth-order valence-electron chi connectivity index (χ4n) is 3.77. The molecule has 0 saturated carbocycles. The Morgan fingerprint density at radius 3 is 2.17 bits per heavy atom. The van der Waals surface area contributed by atoms with Gasteiger partial charge in [0, 0.05) is 24.0 Å². The van der Waals surface area contributed by atoms with E-state index in [0.29, 0.717) is 29.4 Å². The topological polar surface area (TPSA) is 105 Å². The first kappa shape index (κ1) is 24.5. The Hall–Kier alpha value is -4.66. The van der Waals surface area contributed by atoms with Crippen molar-refractivity contribution >= 4 is 40.9 Å².